The van der Waals surface area contributed by atoms with E-state index in [1.807, 2.05) is 66.0 Å². The van der Waals surface area contributed by atoms with Crippen LogP contribution >= 0.6 is 22.9 Å². The van der Waals surface area contributed by atoms with Gasteiger partial charge in [-0.15, -0.1) is 11.3 Å². The summed E-state index contributed by atoms with van der Waals surface area (Å²) >= 11 is 7.40. The highest BCUT2D eigenvalue weighted by Crippen LogP contribution is 2.25. The third-order valence-corrected chi connectivity index (χ3v) is 3.97. The van der Waals surface area contributed by atoms with Crippen molar-refractivity contribution in [3.63, 3.8) is 0 Å². The Morgan fingerprint density at radius 3 is 2.19 bits per heavy atom. The van der Waals surface area contributed by atoms with Crippen LogP contribution < -0.4 is 9.47 Å². The van der Waals surface area contributed by atoms with Gasteiger partial charge in [-0.2, -0.15) is 0 Å². The summed E-state index contributed by atoms with van der Waals surface area (Å²) in [5.41, 5.74) is 1.08. The molecule has 1 heterocycles. The zero-order chi connectivity index (χ0) is 14.5. The van der Waals surface area contributed by atoms with Gasteiger partial charge in [-0.05, 0) is 47.8 Å². The Balaban J connectivity index is 1.59. The van der Waals surface area contributed by atoms with Crippen molar-refractivity contribution in [2.75, 3.05) is 0 Å². The Hall–Kier alpha value is -1.97. The molecule has 0 radical (unpaired) electrons. The molecule has 3 aromatic rings. The van der Waals surface area contributed by atoms with Crippen molar-refractivity contribution >= 4 is 22.9 Å². The number of ether oxygens (including phenoxy) is 2. The SMILES string of the molecule is Clc1cc(COc2ccc(Oc3ccccc3)cc2)cs1. The molecule has 0 amide bonds. The fourth-order valence-corrected chi connectivity index (χ4v) is 2.71. The van der Waals surface area contributed by atoms with Crippen LogP contribution in [0.15, 0.2) is 66.0 Å². The molecule has 0 atom stereocenters. The molecule has 1 aromatic heterocycles. The molecule has 0 spiro atoms. The molecule has 0 aliphatic carbocycles. The van der Waals surface area contributed by atoms with E-state index in [0.717, 1.165) is 27.1 Å². The number of hydrogen-bond donors (Lipinski definition) is 0. The normalized spacial score (nSPS) is 10.3. The van der Waals surface area contributed by atoms with E-state index in [1.165, 1.54) is 11.3 Å². The van der Waals surface area contributed by atoms with Crippen LogP contribution in [0.25, 0.3) is 0 Å². The third-order valence-electron chi connectivity index (χ3n) is 2.83. The summed E-state index contributed by atoms with van der Waals surface area (Å²) in [5, 5.41) is 2.00. The van der Waals surface area contributed by atoms with Gasteiger partial charge in [-0.25, -0.2) is 0 Å². The summed E-state index contributed by atoms with van der Waals surface area (Å²) in [5.74, 6) is 2.41. The minimum atomic E-state index is 0.516. The molecule has 0 N–H and O–H groups in total. The first-order valence-corrected chi connectivity index (χ1v) is 7.74. The van der Waals surface area contributed by atoms with Crippen molar-refractivity contribution in [1.29, 1.82) is 0 Å². The van der Waals surface area contributed by atoms with Crippen molar-refractivity contribution in [3.05, 3.63) is 75.9 Å². The van der Waals surface area contributed by atoms with Crippen LogP contribution in [-0.2, 0) is 6.61 Å². The molecule has 106 valence electrons. The average Bonchev–Trinajstić information content (AvgIpc) is 2.93. The Morgan fingerprint density at radius 2 is 1.52 bits per heavy atom. The Kier molecular flexibility index (Phi) is 4.43. The van der Waals surface area contributed by atoms with Gasteiger partial charge in [0.2, 0.25) is 0 Å². The molecule has 0 aliphatic heterocycles. The average molecular weight is 317 g/mol. The summed E-state index contributed by atoms with van der Waals surface area (Å²) in [4.78, 5) is 0. The molecule has 0 saturated heterocycles. The number of benzene rings is 2. The van der Waals surface area contributed by atoms with Crippen LogP contribution in [0, 0.1) is 0 Å². The van der Waals surface area contributed by atoms with E-state index in [2.05, 4.69) is 0 Å². The van der Waals surface area contributed by atoms with Gasteiger partial charge >= 0.3 is 0 Å². The minimum Gasteiger partial charge on any atom is -0.489 e. The van der Waals surface area contributed by atoms with Gasteiger partial charge in [0.15, 0.2) is 0 Å². The summed E-state index contributed by atoms with van der Waals surface area (Å²) < 4.78 is 12.2. The van der Waals surface area contributed by atoms with Crippen LogP contribution in [-0.4, -0.2) is 0 Å². The molecule has 21 heavy (non-hydrogen) atoms. The zero-order valence-electron chi connectivity index (χ0n) is 11.2. The first-order chi connectivity index (χ1) is 10.3. The maximum Gasteiger partial charge on any atom is 0.127 e. The van der Waals surface area contributed by atoms with Crippen molar-refractivity contribution in [1.82, 2.24) is 0 Å². The highest BCUT2D eigenvalue weighted by molar-refractivity contribution is 7.14. The first-order valence-electron chi connectivity index (χ1n) is 6.48. The van der Waals surface area contributed by atoms with E-state index in [0.29, 0.717) is 6.61 Å². The number of hydrogen-bond acceptors (Lipinski definition) is 3. The zero-order valence-corrected chi connectivity index (χ0v) is 12.7. The second-order valence-corrected chi connectivity index (χ2v) is 5.98. The van der Waals surface area contributed by atoms with Crippen molar-refractivity contribution in [2.24, 2.45) is 0 Å². The van der Waals surface area contributed by atoms with Gasteiger partial charge < -0.3 is 9.47 Å². The molecule has 4 heteroatoms. The van der Waals surface area contributed by atoms with Crippen LogP contribution in [0.5, 0.6) is 17.2 Å². The maximum absolute atomic E-state index is 5.89. The van der Waals surface area contributed by atoms with Crippen LogP contribution in [0.3, 0.4) is 0 Å². The van der Waals surface area contributed by atoms with Crippen LogP contribution in [0.2, 0.25) is 4.34 Å². The molecule has 0 fully saturated rings. The van der Waals surface area contributed by atoms with E-state index in [4.69, 9.17) is 21.1 Å². The monoisotopic (exact) mass is 316 g/mol. The predicted molar refractivity (Wildman–Crippen MR) is 86.6 cm³/mol. The molecule has 0 unspecified atom stereocenters. The summed E-state index contributed by atoms with van der Waals surface area (Å²) in [6.07, 6.45) is 0. The lowest BCUT2D eigenvalue weighted by molar-refractivity contribution is 0.306. The Labute approximate surface area is 132 Å². The molecule has 3 rings (SSSR count). The topological polar surface area (TPSA) is 18.5 Å². The van der Waals surface area contributed by atoms with Gasteiger partial charge in [-0.3, -0.25) is 0 Å². The second-order valence-electron chi connectivity index (χ2n) is 4.43. The minimum absolute atomic E-state index is 0.516. The molecule has 0 saturated carbocycles. The van der Waals surface area contributed by atoms with Gasteiger partial charge in [0.25, 0.3) is 0 Å². The van der Waals surface area contributed by atoms with Crippen LogP contribution in [0.1, 0.15) is 5.56 Å². The highest BCUT2D eigenvalue weighted by Gasteiger charge is 2.01. The standard InChI is InChI=1S/C17H13ClO2S/c18-17-10-13(12-21-17)11-19-14-6-8-16(9-7-14)20-15-4-2-1-3-5-15/h1-10,12H,11H2. The molecule has 2 nitrogen and oxygen atoms in total. The van der Waals surface area contributed by atoms with Crippen molar-refractivity contribution in [3.8, 4) is 17.2 Å². The fourth-order valence-electron chi connectivity index (χ4n) is 1.82. The molecule has 2 aromatic carbocycles. The maximum atomic E-state index is 5.89. The molecule has 0 aliphatic rings. The molecule has 0 bridgehead atoms. The van der Waals surface area contributed by atoms with E-state index >= 15 is 0 Å². The van der Waals surface area contributed by atoms with E-state index in [1.54, 1.807) is 0 Å². The van der Waals surface area contributed by atoms with Gasteiger partial charge in [0.05, 0.1) is 4.34 Å². The third kappa shape index (κ3) is 4.00. The summed E-state index contributed by atoms with van der Waals surface area (Å²) in [7, 11) is 0. The van der Waals surface area contributed by atoms with E-state index in [-0.39, 0.29) is 0 Å². The number of rotatable bonds is 5. The van der Waals surface area contributed by atoms with E-state index < -0.39 is 0 Å². The molecular weight excluding hydrogens is 304 g/mol. The van der Waals surface area contributed by atoms with Crippen molar-refractivity contribution in [2.45, 2.75) is 6.61 Å². The van der Waals surface area contributed by atoms with Gasteiger partial charge in [0.1, 0.15) is 23.9 Å². The van der Waals surface area contributed by atoms with E-state index in [9.17, 15) is 0 Å². The van der Waals surface area contributed by atoms with Crippen LogP contribution in [0.4, 0.5) is 0 Å². The fraction of sp³-hybridized carbons (Fsp3) is 0.0588. The largest absolute Gasteiger partial charge is 0.489 e. The van der Waals surface area contributed by atoms with Crippen molar-refractivity contribution < 1.29 is 9.47 Å². The lowest BCUT2D eigenvalue weighted by atomic mass is 10.3. The summed E-state index contributed by atoms with van der Waals surface area (Å²) in [6.45, 7) is 0.516. The van der Waals surface area contributed by atoms with Gasteiger partial charge in [-0.1, -0.05) is 29.8 Å². The number of para-hydroxylation sites is 1. The number of thiophene rings is 1. The number of halogens is 1. The Morgan fingerprint density at radius 1 is 0.857 bits per heavy atom. The second kappa shape index (κ2) is 6.66. The Bertz CT molecular complexity index is 692. The van der Waals surface area contributed by atoms with Gasteiger partial charge in [0, 0.05) is 5.56 Å². The highest BCUT2D eigenvalue weighted by atomic mass is 35.5. The molecular formula is C17H13ClO2S. The smallest absolute Gasteiger partial charge is 0.127 e. The summed E-state index contributed by atoms with van der Waals surface area (Å²) in [6, 6.07) is 19.2. The lowest BCUT2D eigenvalue weighted by Gasteiger charge is -2.08. The quantitative estimate of drug-likeness (QED) is 0.594. The predicted octanol–water partition coefficient (Wildman–Crippen LogP) is 5.77. The lowest BCUT2D eigenvalue weighted by Crippen LogP contribution is -1.93. The first kappa shape index (κ1) is 14.0.